The summed E-state index contributed by atoms with van der Waals surface area (Å²) < 4.78 is 5.52. The van der Waals surface area contributed by atoms with Crippen molar-refractivity contribution in [1.29, 1.82) is 0 Å². The van der Waals surface area contributed by atoms with Gasteiger partial charge in [-0.2, -0.15) is 0 Å². The lowest BCUT2D eigenvalue weighted by molar-refractivity contribution is 0.356. The van der Waals surface area contributed by atoms with E-state index in [0.717, 1.165) is 29.9 Å². The third kappa shape index (κ3) is 2.63. The fourth-order valence-electron chi connectivity index (χ4n) is 2.30. The van der Waals surface area contributed by atoms with Crippen LogP contribution < -0.4 is 4.74 Å². The number of phenolic OH excluding ortho intramolecular Hbond substituents is 1. The molecule has 0 bridgehead atoms. The molecule has 0 amide bonds. The highest BCUT2D eigenvalue weighted by atomic mass is 16.5. The van der Waals surface area contributed by atoms with Gasteiger partial charge in [0.05, 0.1) is 6.61 Å². The van der Waals surface area contributed by atoms with Crippen molar-refractivity contribution in [2.75, 3.05) is 6.61 Å². The van der Waals surface area contributed by atoms with Gasteiger partial charge >= 0.3 is 0 Å². The zero-order valence-corrected chi connectivity index (χ0v) is 10.7. The third-order valence-corrected chi connectivity index (χ3v) is 3.34. The van der Waals surface area contributed by atoms with Gasteiger partial charge in [0.2, 0.25) is 0 Å². The van der Waals surface area contributed by atoms with Gasteiger partial charge in [-0.25, -0.2) is 0 Å². The van der Waals surface area contributed by atoms with Gasteiger partial charge in [0, 0.05) is 17.5 Å². The van der Waals surface area contributed by atoms with Crippen LogP contribution in [0, 0.1) is 0 Å². The van der Waals surface area contributed by atoms with Crippen molar-refractivity contribution in [3.05, 3.63) is 65.2 Å². The number of hydrogen-bond donors (Lipinski definition) is 1. The Labute approximate surface area is 113 Å². The van der Waals surface area contributed by atoms with Crippen LogP contribution in [0.5, 0.6) is 11.5 Å². The highest BCUT2D eigenvalue weighted by molar-refractivity contribution is 5.52. The number of fused-ring (bicyclic) bond motifs is 1. The average molecular weight is 252 g/mol. The van der Waals surface area contributed by atoms with E-state index >= 15 is 0 Å². The fourth-order valence-corrected chi connectivity index (χ4v) is 2.30. The minimum atomic E-state index is 0.363. The van der Waals surface area contributed by atoms with E-state index in [4.69, 9.17) is 4.74 Å². The number of phenols is 1. The minimum absolute atomic E-state index is 0.363. The van der Waals surface area contributed by atoms with Crippen molar-refractivity contribution in [3.8, 4) is 11.5 Å². The van der Waals surface area contributed by atoms with E-state index in [9.17, 15) is 5.11 Å². The van der Waals surface area contributed by atoms with E-state index in [1.54, 1.807) is 0 Å². The molecular formula is C17H16O2. The Kier molecular flexibility index (Phi) is 3.23. The van der Waals surface area contributed by atoms with Crippen LogP contribution in [0.3, 0.4) is 0 Å². The molecule has 0 atom stereocenters. The molecule has 0 unspecified atom stereocenters. The van der Waals surface area contributed by atoms with Crippen molar-refractivity contribution in [3.63, 3.8) is 0 Å². The predicted molar refractivity (Wildman–Crippen MR) is 76.5 cm³/mol. The van der Waals surface area contributed by atoms with Gasteiger partial charge in [-0.15, -0.1) is 0 Å². The van der Waals surface area contributed by atoms with Crippen LogP contribution in [0.15, 0.2) is 48.5 Å². The number of allylic oxidation sites excluding steroid dienone is 1. The Bertz CT molecular complexity index is 600. The Morgan fingerprint density at radius 3 is 2.84 bits per heavy atom. The number of ether oxygens (including phenoxy) is 1. The van der Waals surface area contributed by atoms with Crippen molar-refractivity contribution in [1.82, 2.24) is 0 Å². The summed E-state index contributed by atoms with van der Waals surface area (Å²) in [7, 11) is 0. The molecule has 2 aromatic carbocycles. The summed E-state index contributed by atoms with van der Waals surface area (Å²) in [4.78, 5) is 0. The highest BCUT2D eigenvalue weighted by Gasteiger charge is 2.14. The molecule has 0 saturated heterocycles. The summed E-state index contributed by atoms with van der Waals surface area (Å²) in [6, 6.07) is 13.9. The molecule has 0 aliphatic carbocycles. The maximum Gasteiger partial charge on any atom is 0.123 e. The maximum atomic E-state index is 9.98. The topological polar surface area (TPSA) is 29.5 Å². The molecule has 2 nitrogen and oxygen atoms in total. The fraction of sp³-hybridized carbons (Fsp3) is 0.176. The van der Waals surface area contributed by atoms with Crippen LogP contribution in [0.1, 0.15) is 16.7 Å². The van der Waals surface area contributed by atoms with Crippen molar-refractivity contribution in [2.24, 2.45) is 0 Å². The van der Waals surface area contributed by atoms with E-state index < -0.39 is 0 Å². The van der Waals surface area contributed by atoms with Crippen LogP contribution in [0.25, 0.3) is 6.08 Å². The zero-order chi connectivity index (χ0) is 13.1. The monoisotopic (exact) mass is 252 g/mol. The predicted octanol–water partition coefficient (Wildman–Crippen LogP) is 3.58. The van der Waals surface area contributed by atoms with E-state index in [1.807, 2.05) is 30.3 Å². The molecule has 1 aliphatic rings. The summed E-state index contributed by atoms with van der Waals surface area (Å²) in [5, 5.41) is 9.98. The first kappa shape index (κ1) is 11.8. The summed E-state index contributed by atoms with van der Waals surface area (Å²) >= 11 is 0. The van der Waals surface area contributed by atoms with E-state index in [-0.39, 0.29) is 0 Å². The molecule has 2 aromatic rings. The zero-order valence-electron chi connectivity index (χ0n) is 10.7. The molecule has 0 fully saturated rings. The van der Waals surface area contributed by atoms with E-state index in [1.165, 1.54) is 5.56 Å². The summed E-state index contributed by atoms with van der Waals surface area (Å²) in [5.41, 5.74) is 3.18. The van der Waals surface area contributed by atoms with Crippen LogP contribution in [0.4, 0.5) is 0 Å². The summed E-state index contributed by atoms with van der Waals surface area (Å²) in [6.07, 6.45) is 5.72. The average Bonchev–Trinajstić information content (AvgIpc) is 2.87. The van der Waals surface area contributed by atoms with E-state index in [0.29, 0.717) is 12.2 Å². The molecule has 0 radical (unpaired) electrons. The third-order valence-electron chi connectivity index (χ3n) is 3.34. The van der Waals surface area contributed by atoms with Gasteiger partial charge in [-0.1, -0.05) is 42.5 Å². The molecule has 0 saturated carbocycles. The number of hydrogen-bond acceptors (Lipinski definition) is 2. The molecule has 0 aromatic heterocycles. The van der Waals surface area contributed by atoms with Gasteiger partial charge < -0.3 is 9.84 Å². The lowest BCUT2D eigenvalue weighted by atomic mass is 10.0. The van der Waals surface area contributed by atoms with Crippen LogP contribution in [-0.4, -0.2) is 11.7 Å². The highest BCUT2D eigenvalue weighted by Crippen LogP contribution is 2.32. The van der Waals surface area contributed by atoms with Gasteiger partial charge in [-0.3, -0.25) is 0 Å². The van der Waals surface area contributed by atoms with Crippen molar-refractivity contribution in [2.45, 2.75) is 12.8 Å². The standard InChI is InChI=1S/C17H16O2/c18-16-11-15-9-10-19-17(15)12-14(16)8-4-7-13-5-2-1-3-6-13/h1-7,11-12,18H,8-10H2/b7-4+. The molecule has 1 N–H and O–H groups in total. The van der Waals surface area contributed by atoms with E-state index in [2.05, 4.69) is 24.3 Å². The molecule has 1 aliphatic heterocycles. The number of rotatable bonds is 3. The quantitative estimate of drug-likeness (QED) is 0.904. The first-order valence-corrected chi connectivity index (χ1v) is 6.52. The van der Waals surface area contributed by atoms with Crippen molar-refractivity contribution < 1.29 is 9.84 Å². The Balaban J connectivity index is 1.75. The smallest absolute Gasteiger partial charge is 0.123 e. The van der Waals surface area contributed by atoms with Crippen molar-refractivity contribution >= 4 is 6.08 Å². The molecule has 96 valence electrons. The second kappa shape index (κ2) is 5.19. The van der Waals surface area contributed by atoms with Crippen LogP contribution in [-0.2, 0) is 12.8 Å². The summed E-state index contributed by atoms with van der Waals surface area (Å²) in [6.45, 7) is 0.720. The molecule has 3 rings (SSSR count). The normalized spacial score (nSPS) is 13.5. The second-order valence-electron chi connectivity index (χ2n) is 4.70. The lowest BCUT2D eigenvalue weighted by Crippen LogP contribution is -1.87. The molecular weight excluding hydrogens is 236 g/mol. The van der Waals surface area contributed by atoms with Gasteiger partial charge in [0.25, 0.3) is 0 Å². The maximum absolute atomic E-state index is 9.98. The van der Waals surface area contributed by atoms with Gasteiger partial charge in [-0.05, 0) is 24.1 Å². The molecule has 0 spiro atoms. The number of aromatic hydroxyl groups is 1. The van der Waals surface area contributed by atoms with Gasteiger partial charge in [0.1, 0.15) is 11.5 Å². The van der Waals surface area contributed by atoms with Crippen LogP contribution >= 0.6 is 0 Å². The largest absolute Gasteiger partial charge is 0.508 e. The molecule has 1 heterocycles. The minimum Gasteiger partial charge on any atom is -0.508 e. The summed E-state index contributed by atoms with van der Waals surface area (Å²) in [5.74, 6) is 1.28. The number of benzene rings is 2. The molecule has 19 heavy (non-hydrogen) atoms. The Hall–Kier alpha value is -2.22. The first-order chi connectivity index (χ1) is 9.33. The lowest BCUT2D eigenvalue weighted by Gasteiger charge is -2.05. The Morgan fingerprint density at radius 1 is 1.16 bits per heavy atom. The first-order valence-electron chi connectivity index (χ1n) is 6.52. The Morgan fingerprint density at radius 2 is 2.00 bits per heavy atom. The molecule has 2 heteroatoms. The SMILES string of the molecule is Oc1cc2c(cc1C/C=C/c1ccccc1)OCC2. The van der Waals surface area contributed by atoms with Crippen LogP contribution in [0.2, 0.25) is 0 Å². The van der Waals surface area contributed by atoms with Gasteiger partial charge in [0.15, 0.2) is 0 Å². The second-order valence-corrected chi connectivity index (χ2v) is 4.70.